The molecule has 0 unspecified atom stereocenters. The van der Waals surface area contributed by atoms with Crippen LogP contribution in [0.25, 0.3) is 0 Å². The molecule has 0 aromatic rings. The number of hydrogen-bond donors (Lipinski definition) is 2. The molecule has 33 heavy (non-hydrogen) atoms. The van der Waals surface area contributed by atoms with Crippen LogP contribution in [-0.4, -0.2) is 22.4 Å². The summed E-state index contributed by atoms with van der Waals surface area (Å²) in [5.41, 5.74) is 3.19. The Morgan fingerprint density at radius 2 is 1.73 bits per heavy atom. The fraction of sp³-hybridized carbons (Fsp3) is 0.871. The lowest BCUT2D eigenvalue weighted by Crippen LogP contribution is -2.56. The molecule has 0 amide bonds. The highest BCUT2D eigenvalue weighted by Crippen LogP contribution is 2.66. The van der Waals surface area contributed by atoms with E-state index in [1.165, 1.54) is 50.5 Å². The molecule has 4 rings (SSSR count). The van der Waals surface area contributed by atoms with E-state index in [1.807, 2.05) is 0 Å². The smallest absolute Gasteiger partial charge is 0.0689 e. The number of unbranched alkanes of at least 4 members (excludes halogenated alkanes) is 1. The normalized spacial score (nSPS) is 43.4. The Labute approximate surface area is 204 Å². The summed E-state index contributed by atoms with van der Waals surface area (Å²) in [4.78, 5) is 0. The number of rotatable bonds is 8. The minimum atomic E-state index is -0.427. The molecule has 0 heterocycles. The van der Waals surface area contributed by atoms with Crippen molar-refractivity contribution in [2.45, 2.75) is 124 Å². The summed E-state index contributed by atoms with van der Waals surface area (Å²) in [6, 6.07) is 0. The summed E-state index contributed by atoms with van der Waals surface area (Å²) in [7, 11) is 0. The molecule has 0 bridgehead atoms. The number of allylic oxidation sites excluding steroid dienone is 3. The Bertz CT molecular complexity index is 750. The van der Waals surface area contributed by atoms with Gasteiger partial charge in [0.15, 0.2) is 0 Å². The molecule has 188 valence electrons. The standard InChI is InChI=1S/C31H52O2/c1-7-8-12-24-28(32)19-22-13-14-23-26-16-15-25(21(4)11-9-10-20(2)3)30(26,5)18-17-27(23)31(22,6)29(24)33/h13-14,20-21,24-29,32-33H,7-12,15-19H2,1-6H3/t21-,24-,25-,26+,27+,28-,29+,30-,31+/m1/s1. The van der Waals surface area contributed by atoms with E-state index in [-0.39, 0.29) is 11.3 Å². The third kappa shape index (κ3) is 4.31. The number of hydrogen-bond acceptors (Lipinski definition) is 2. The van der Waals surface area contributed by atoms with Crippen LogP contribution in [0.1, 0.15) is 112 Å². The lowest BCUT2D eigenvalue weighted by molar-refractivity contribution is -0.1000. The van der Waals surface area contributed by atoms with Gasteiger partial charge in [-0.15, -0.1) is 0 Å². The summed E-state index contributed by atoms with van der Waals surface area (Å²) < 4.78 is 0. The molecule has 0 spiro atoms. The molecule has 0 aromatic carbocycles. The maximum Gasteiger partial charge on any atom is 0.0689 e. The first-order valence-corrected chi connectivity index (χ1v) is 14.4. The average Bonchev–Trinajstić information content (AvgIpc) is 3.12. The summed E-state index contributed by atoms with van der Waals surface area (Å²) in [6.07, 6.45) is 17.2. The molecule has 0 saturated heterocycles. The van der Waals surface area contributed by atoms with Crippen molar-refractivity contribution >= 4 is 0 Å². The lowest BCUT2D eigenvalue weighted by atomic mass is 9.48. The van der Waals surface area contributed by atoms with Crippen molar-refractivity contribution in [2.24, 2.45) is 46.3 Å². The Hall–Kier alpha value is -0.600. The predicted octanol–water partition coefficient (Wildman–Crippen LogP) is 7.70. The van der Waals surface area contributed by atoms with Gasteiger partial charge in [-0.25, -0.2) is 0 Å². The molecule has 0 radical (unpaired) electrons. The molecule has 3 saturated carbocycles. The van der Waals surface area contributed by atoms with Gasteiger partial charge in [-0.05, 0) is 73.5 Å². The van der Waals surface area contributed by atoms with Crippen LogP contribution in [0.4, 0.5) is 0 Å². The van der Waals surface area contributed by atoms with Crippen molar-refractivity contribution < 1.29 is 10.2 Å². The van der Waals surface area contributed by atoms with Crippen molar-refractivity contribution in [1.29, 1.82) is 0 Å². The van der Waals surface area contributed by atoms with Crippen molar-refractivity contribution in [3.05, 3.63) is 23.3 Å². The van der Waals surface area contributed by atoms with E-state index < -0.39 is 12.2 Å². The summed E-state index contributed by atoms with van der Waals surface area (Å²) in [5.74, 6) is 3.63. The molecule has 2 N–H and O–H groups in total. The van der Waals surface area contributed by atoms with Gasteiger partial charge < -0.3 is 10.2 Å². The second-order valence-electron chi connectivity index (χ2n) is 13.3. The molecule has 4 aliphatic carbocycles. The van der Waals surface area contributed by atoms with Gasteiger partial charge in [-0.3, -0.25) is 0 Å². The van der Waals surface area contributed by atoms with Gasteiger partial charge in [-0.2, -0.15) is 0 Å². The van der Waals surface area contributed by atoms with Gasteiger partial charge in [0.05, 0.1) is 12.2 Å². The van der Waals surface area contributed by atoms with Crippen molar-refractivity contribution in [2.75, 3.05) is 0 Å². The van der Waals surface area contributed by atoms with Gasteiger partial charge in [-0.1, -0.05) is 96.9 Å². The van der Waals surface area contributed by atoms with Crippen molar-refractivity contribution in [1.82, 2.24) is 0 Å². The third-order valence-corrected chi connectivity index (χ3v) is 11.0. The highest BCUT2D eigenvalue weighted by molar-refractivity contribution is 5.40. The fourth-order valence-electron chi connectivity index (χ4n) is 9.00. The van der Waals surface area contributed by atoms with Crippen LogP contribution >= 0.6 is 0 Å². The lowest BCUT2D eigenvalue weighted by Gasteiger charge is -2.58. The molecule has 2 heteroatoms. The summed E-state index contributed by atoms with van der Waals surface area (Å²) in [6.45, 7) is 14.4. The largest absolute Gasteiger partial charge is 0.392 e. The van der Waals surface area contributed by atoms with Gasteiger partial charge >= 0.3 is 0 Å². The average molecular weight is 457 g/mol. The Morgan fingerprint density at radius 1 is 0.970 bits per heavy atom. The van der Waals surface area contributed by atoms with Gasteiger partial charge in [0.1, 0.15) is 0 Å². The molecular formula is C31H52O2. The number of aliphatic hydroxyl groups excluding tert-OH is 2. The monoisotopic (exact) mass is 456 g/mol. The molecule has 2 nitrogen and oxygen atoms in total. The number of aliphatic hydroxyl groups is 2. The highest BCUT2D eigenvalue weighted by atomic mass is 16.3. The van der Waals surface area contributed by atoms with Gasteiger partial charge in [0.2, 0.25) is 0 Å². The van der Waals surface area contributed by atoms with Crippen LogP contribution in [-0.2, 0) is 0 Å². The van der Waals surface area contributed by atoms with Crippen molar-refractivity contribution in [3.8, 4) is 0 Å². The van der Waals surface area contributed by atoms with Crippen LogP contribution in [0, 0.1) is 46.3 Å². The first kappa shape index (κ1) is 25.5. The second kappa shape index (κ2) is 9.81. The van der Waals surface area contributed by atoms with Crippen LogP contribution < -0.4 is 0 Å². The topological polar surface area (TPSA) is 40.5 Å². The van der Waals surface area contributed by atoms with Gasteiger partial charge in [0, 0.05) is 11.3 Å². The molecule has 3 fully saturated rings. The van der Waals surface area contributed by atoms with Crippen LogP contribution in [0.5, 0.6) is 0 Å². The Kier molecular flexibility index (Phi) is 7.57. The van der Waals surface area contributed by atoms with E-state index in [2.05, 4.69) is 53.7 Å². The maximum absolute atomic E-state index is 11.7. The van der Waals surface area contributed by atoms with Crippen LogP contribution in [0.15, 0.2) is 23.3 Å². The van der Waals surface area contributed by atoms with Crippen molar-refractivity contribution in [3.63, 3.8) is 0 Å². The first-order valence-electron chi connectivity index (χ1n) is 14.4. The second-order valence-corrected chi connectivity index (χ2v) is 13.3. The quantitative estimate of drug-likeness (QED) is 0.393. The zero-order valence-electron chi connectivity index (χ0n) is 22.4. The van der Waals surface area contributed by atoms with E-state index in [9.17, 15) is 10.2 Å². The van der Waals surface area contributed by atoms with E-state index in [4.69, 9.17) is 0 Å². The molecular weight excluding hydrogens is 404 g/mol. The molecule has 0 aliphatic heterocycles. The van der Waals surface area contributed by atoms with E-state index in [0.29, 0.717) is 17.3 Å². The van der Waals surface area contributed by atoms with E-state index >= 15 is 0 Å². The summed E-state index contributed by atoms with van der Waals surface area (Å²) in [5, 5.41) is 22.6. The fourth-order valence-corrected chi connectivity index (χ4v) is 9.00. The maximum atomic E-state index is 11.7. The molecule has 4 aliphatic rings. The first-order chi connectivity index (χ1) is 15.6. The predicted molar refractivity (Wildman–Crippen MR) is 139 cm³/mol. The van der Waals surface area contributed by atoms with Crippen LogP contribution in [0.3, 0.4) is 0 Å². The number of fused-ring (bicyclic) bond motifs is 5. The Morgan fingerprint density at radius 3 is 2.42 bits per heavy atom. The third-order valence-electron chi connectivity index (χ3n) is 11.0. The van der Waals surface area contributed by atoms with E-state index in [1.54, 1.807) is 5.57 Å². The molecule has 0 aromatic heterocycles. The highest BCUT2D eigenvalue weighted by Gasteiger charge is 2.60. The molecule has 9 atom stereocenters. The minimum Gasteiger partial charge on any atom is -0.392 e. The van der Waals surface area contributed by atoms with Gasteiger partial charge in [0.25, 0.3) is 0 Å². The summed E-state index contributed by atoms with van der Waals surface area (Å²) >= 11 is 0. The Balaban J connectivity index is 1.55. The SMILES string of the molecule is CCCC[C@@H]1[C@H](O)CC2=CC=C3[C@@H]4CC[C@H]([C@H](C)CCCC(C)C)[C@@]4(C)CC[C@@H]3[C@@]2(C)[C@H]1O. The zero-order valence-corrected chi connectivity index (χ0v) is 22.4. The zero-order chi connectivity index (χ0) is 24.0. The minimum absolute atomic E-state index is 0.0251. The van der Waals surface area contributed by atoms with E-state index in [0.717, 1.165) is 43.4 Å². The van der Waals surface area contributed by atoms with Crippen LogP contribution in [0.2, 0.25) is 0 Å².